The van der Waals surface area contributed by atoms with Crippen molar-refractivity contribution in [3.05, 3.63) is 35.4 Å². The maximum absolute atomic E-state index is 3.52. The summed E-state index contributed by atoms with van der Waals surface area (Å²) >= 11 is 0. The molecule has 1 nitrogen and oxygen atoms in total. The molecule has 1 N–H and O–H groups in total. The summed E-state index contributed by atoms with van der Waals surface area (Å²) in [5.41, 5.74) is 2.86. The number of benzene rings is 1. The van der Waals surface area contributed by atoms with Gasteiger partial charge < -0.3 is 5.32 Å². The van der Waals surface area contributed by atoms with E-state index in [-0.39, 0.29) is 0 Å². The second-order valence-electron chi connectivity index (χ2n) is 5.77. The average Bonchev–Trinajstić information content (AvgIpc) is 2.28. The molecule has 0 fully saturated rings. The monoisotopic (exact) mass is 233 g/mol. The number of hydrogen-bond donors (Lipinski definition) is 1. The summed E-state index contributed by atoms with van der Waals surface area (Å²) in [6, 6.07) is 9.08. The van der Waals surface area contributed by atoms with Gasteiger partial charge in [-0.25, -0.2) is 0 Å². The van der Waals surface area contributed by atoms with E-state index in [9.17, 15) is 0 Å². The second-order valence-corrected chi connectivity index (χ2v) is 5.77. The Morgan fingerprint density at radius 3 is 1.82 bits per heavy atom. The second kappa shape index (κ2) is 6.80. The Morgan fingerprint density at radius 1 is 0.824 bits per heavy atom. The predicted octanol–water partition coefficient (Wildman–Crippen LogP) is 4.16. The van der Waals surface area contributed by atoms with Gasteiger partial charge >= 0.3 is 0 Å². The first kappa shape index (κ1) is 14.2. The Kier molecular flexibility index (Phi) is 5.70. The molecule has 0 amide bonds. The molecule has 0 bridgehead atoms. The Labute approximate surface area is 107 Å². The first-order valence-electron chi connectivity index (χ1n) is 6.81. The lowest BCUT2D eigenvalue weighted by Crippen LogP contribution is -2.24. The summed E-state index contributed by atoms with van der Waals surface area (Å²) in [7, 11) is 0. The van der Waals surface area contributed by atoms with E-state index in [4.69, 9.17) is 0 Å². The Morgan fingerprint density at radius 2 is 1.35 bits per heavy atom. The van der Waals surface area contributed by atoms with Gasteiger partial charge in [0.25, 0.3) is 0 Å². The van der Waals surface area contributed by atoms with Crippen molar-refractivity contribution in [2.24, 2.45) is 5.92 Å². The minimum Gasteiger partial charge on any atom is -0.316 e. The standard InChI is InChI=1S/C16H27N/c1-12(2)10-17-11-14(5)16-8-6-15(7-9-16)13(3)4/h6-9,12-14,17H,10-11H2,1-5H3. The van der Waals surface area contributed by atoms with Crippen LogP contribution in [0.15, 0.2) is 24.3 Å². The predicted molar refractivity (Wildman–Crippen MR) is 76.7 cm³/mol. The zero-order valence-electron chi connectivity index (χ0n) is 12.0. The van der Waals surface area contributed by atoms with Gasteiger partial charge in [0.15, 0.2) is 0 Å². The smallest absolute Gasteiger partial charge is 0.00176 e. The van der Waals surface area contributed by atoms with Gasteiger partial charge in [-0.1, -0.05) is 58.9 Å². The van der Waals surface area contributed by atoms with E-state index in [0.717, 1.165) is 19.0 Å². The molecule has 96 valence electrons. The van der Waals surface area contributed by atoms with Crippen molar-refractivity contribution in [3.8, 4) is 0 Å². The van der Waals surface area contributed by atoms with E-state index in [1.165, 1.54) is 11.1 Å². The van der Waals surface area contributed by atoms with Crippen molar-refractivity contribution in [3.63, 3.8) is 0 Å². The molecular formula is C16H27N. The van der Waals surface area contributed by atoms with Crippen LogP contribution in [0.25, 0.3) is 0 Å². The van der Waals surface area contributed by atoms with Crippen LogP contribution in [0.4, 0.5) is 0 Å². The van der Waals surface area contributed by atoms with Crippen LogP contribution in [0.5, 0.6) is 0 Å². The molecule has 0 aromatic heterocycles. The highest BCUT2D eigenvalue weighted by Crippen LogP contribution is 2.19. The van der Waals surface area contributed by atoms with Gasteiger partial charge in [0.1, 0.15) is 0 Å². The van der Waals surface area contributed by atoms with Crippen LogP contribution in [0.1, 0.15) is 57.6 Å². The van der Waals surface area contributed by atoms with Crippen LogP contribution in [-0.4, -0.2) is 13.1 Å². The van der Waals surface area contributed by atoms with Gasteiger partial charge in [0.05, 0.1) is 0 Å². The van der Waals surface area contributed by atoms with Gasteiger partial charge in [-0.15, -0.1) is 0 Å². The Hall–Kier alpha value is -0.820. The quantitative estimate of drug-likeness (QED) is 0.778. The van der Waals surface area contributed by atoms with Gasteiger partial charge in [-0.05, 0) is 35.4 Å². The van der Waals surface area contributed by atoms with Crippen LogP contribution in [-0.2, 0) is 0 Å². The van der Waals surface area contributed by atoms with Crippen molar-refractivity contribution in [1.82, 2.24) is 5.32 Å². The molecule has 0 aliphatic rings. The number of rotatable bonds is 6. The normalized spacial score (nSPS) is 13.4. The molecule has 0 spiro atoms. The number of hydrogen-bond acceptors (Lipinski definition) is 1. The van der Waals surface area contributed by atoms with Gasteiger partial charge in [0.2, 0.25) is 0 Å². The highest BCUT2D eigenvalue weighted by atomic mass is 14.9. The van der Waals surface area contributed by atoms with Gasteiger partial charge in [-0.2, -0.15) is 0 Å². The first-order chi connectivity index (χ1) is 8.00. The van der Waals surface area contributed by atoms with Crippen LogP contribution >= 0.6 is 0 Å². The van der Waals surface area contributed by atoms with Crippen molar-refractivity contribution in [1.29, 1.82) is 0 Å². The minimum atomic E-state index is 0.593. The van der Waals surface area contributed by atoms with Crippen LogP contribution in [0.2, 0.25) is 0 Å². The summed E-state index contributed by atoms with van der Waals surface area (Å²) in [6.07, 6.45) is 0. The molecule has 1 atom stereocenters. The van der Waals surface area contributed by atoms with E-state index in [2.05, 4.69) is 64.2 Å². The molecule has 0 saturated carbocycles. The number of nitrogens with one attached hydrogen (secondary N) is 1. The fourth-order valence-electron chi connectivity index (χ4n) is 1.92. The summed E-state index contributed by atoms with van der Waals surface area (Å²) in [4.78, 5) is 0. The molecule has 0 radical (unpaired) electrons. The van der Waals surface area contributed by atoms with Crippen molar-refractivity contribution in [2.45, 2.75) is 46.5 Å². The van der Waals surface area contributed by atoms with E-state index in [1.807, 2.05) is 0 Å². The van der Waals surface area contributed by atoms with Crippen molar-refractivity contribution < 1.29 is 0 Å². The highest BCUT2D eigenvalue weighted by Gasteiger charge is 2.06. The molecule has 17 heavy (non-hydrogen) atoms. The van der Waals surface area contributed by atoms with Crippen molar-refractivity contribution in [2.75, 3.05) is 13.1 Å². The summed E-state index contributed by atoms with van der Waals surface area (Å²) < 4.78 is 0. The van der Waals surface area contributed by atoms with Gasteiger partial charge in [0, 0.05) is 6.54 Å². The highest BCUT2D eigenvalue weighted by molar-refractivity contribution is 5.27. The molecule has 1 heteroatoms. The molecule has 0 heterocycles. The zero-order valence-corrected chi connectivity index (χ0v) is 12.0. The van der Waals surface area contributed by atoms with E-state index in [1.54, 1.807) is 0 Å². The lowest BCUT2D eigenvalue weighted by molar-refractivity contribution is 0.528. The summed E-state index contributed by atoms with van der Waals surface area (Å²) in [5.74, 6) is 1.94. The van der Waals surface area contributed by atoms with E-state index in [0.29, 0.717) is 11.8 Å². The molecule has 0 saturated heterocycles. The maximum Gasteiger partial charge on any atom is 0.00176 e. The molecule has 1 aromatic rings. The van der Waals surface area contributed by atoms with Crippen LogP contribution in [0, 0.1) is 5.92 Å². The third-order valence-electron chi connectivity index (χ3n) is 3.18. The molecule has 0 aliphatic carbocycles. The largest absolute Gasteiger partial charge is 0.316 e. The molecule has 0 aliphatic heterocycles. The Balaban J connectivity index is 2.48. The average molecular weight is 233 g/mol. The minimum absolute atomic E-state index is 0.593. The lowest BCUT2D eigenvalue weighted by Gasteiger charge is -2.15. The molecule has 1 rings (SSSR count). The van der Waals surface area contributed by atoms with Crippen LogP contribution < -0.4 is 5.32 Å². The van der Waals surface area contributed by atoms with E-state index >= 15 is 0 Å². The fraction of sp³-hybridized carbons (Fsp3) is 0.625. The third-order valence-corrected chi connectivity index (χ3v) is 3.18. The topological polar surface area (TPSA) is 12.0 Å². The molecule has 1 aromatic carbocycles. The summed E-state index contributed by atoms with van der Waals surface area (Å²) in [6.45, 7) is 13.4. The third kappa shape index (κ3) is 4.91. The Bertz CT molecular complexity index is 311. The lowest BCUT2D eigenvalue weighted by atomic mass is 9.96. The van der Waals surface area contributed by atoms with Crippen molar-refractivity contribution >= 4 is 0 Å². The van der Waals surface area contributed by atoms with E-state index < -0.39 is 0 Å². The fourth-order valence-corrected chi connectivity index (χ4v) is 1.92. The van der Waals surface area contributed by atoms with Crippen LogP contribution in [0.3, 0.4) is 0 Å². The zero-order chi connectivity index (χ0) is 12.8. The van der Waals surface area contributed by atoms with Gasteiger partial charge in [-0.3, -0.25) is 0 Å². The molecular weight excluding hydrogens is 206 g/mol. The SMILES string of the molecule is CC(C)CNCC(C)c1ccc(C(C)C)cc1. The first-order valence-corrected chi connectivity index (χ1v) is 6.81. The maximum atomic E-state index is 3.52. The molecule has 1 unspecified atom stereocenters. The summed E-state index contributed by atoms with van der Waals surface area (Å²) in [5, 5.41) is 3.52.